The lowest BCUT2D eigenvalue weighted by Gasteiger charge is -2.20. The van der Waals surface area contributed by atoms with Crippen molar-refractivity contribution < 1.29 is 13.6 Å². The number of rotatable bonds is 4. The second kappa shape index (κ2) is 7.16. The van der Waals surface area contributed by atoms with Gasteiger partial charge >= 0.3 is 0 Å². The molecule has 28 heavy (non-hydrogen) atoms. The quantitative estimate of drug-likeness (QED) is 0.386. The van der Waals surface area contributed by atoms with Crippen molar-refractivity contribution in [2.24, 2.45) is 0 Å². The van der Waals surface area contributed by atoms with Crippen molar-refractivity contribution in [2.75, 3.05) is 0 Å². The van der Waals surface area contributed by atoms with Crippen LogP contribution in [0.2, 0.25) is 0 Å². The van der Waals surface area contributed by atoms with Gasteiger partial charge in [0, 0.05) is 22.6 Å². The van der Waals surface area contributed by atoms with Gasteiger partial charge in [-0.2, -0.15) is 0 Å². The Morgan fingerprint density at radius 3 is 1.36 bits per heavy atom. The SMILES string of the molecule is CC(C(=O)C(C)c1ccc(F)c2ccccc12)c1ccc(F)c2ccccc12. The third-order valence-electron chi connectivity index (χ3n) is 5.60. The van der Waals surface area contributed by atoms with E-state index in [1.54, 1.807) is 36.4 Å². The zero-order valence-corrected chi connectivity index (χ0v) is 15.7. The molecule has 0 aliphatic carbocycles. The van der Waals surface area contributed by atoms with Crippen molar-refractivity contribution in [3.63, 3.8) is 0 Å². The Hall–Kier alpha value is -3.07. The summed E-state index contributed by atoms with van der Waals surface area (Å²) in [5.41, 5.74) is 1.61. The number of hydrogen-bond donors (Lipinski definition) is 0. The van der Waals surface area contributed by atoms with Crippen LogP contribution in [0.25, 0.3) is 21.5 Å². The molecule has 0 saturated heterocycles. The molecule has 0 heterocycles. The third-order valence-corrected chi connectivity index (χ3v) is 5.60. The van der Waals surface area contributed by atoms with Crippen LogP contribution in [0, 0.1) is 11.6 Å². The van der Waals surface area contributed by atoms with E-state index in [9.17, 15) is 13.6 Å². The van der Waals surface area contributed by atoms with Crippen LogP contribution in [0.5, 0.6) is 0 Å². The van der Waals surface area contributed by atoms with Gasteiger partial charge in [-0.05, 0) is 34.0 Å². The maximum Gasteiger partial charge on any atom is 0.147 e. The average Bonchev–Trinajstić information content (AvgIpc) is 2.73. The number of hydrogen-bond acceptors (Lipinski definition) is 1. The highest BCUT2D eigenvalue weighted by Crippen LogP contribution is 2.34. The number of benzene rings is 4. The number of fused-ring (bicyclic) bond motifs is 2. The monoisotopic (exact) mass is 374 g/mol. The van der Waals surface area contributed by atoms with E-state index in [2.05, 4.69) is 0 Å². The van der Waals surface area contributed by atoms with Crippen molar-refractivity contribution in [2.45, 2.75) is 25.7 Å². The van der Waals surface area contributed by atoms with Gasteiger partial charge in [-0.25, -0.2) is 8.78 Å². The largest absolute Gasteiger partial charge is 0.298 e. The zero-order chi connectivity index (χ0) is 19.8. The van der Waals surface area contributed by atoms with Crippen molar-refractivity contribution >= 4 is 27.3 Å². The van der Waals surface area contributed by atoms with Gasteiger partial charge in [-0.1, -0.05) is 74.5 Å². The predicted octanol–water partition coefficient (Wildman–Crippen LogP) is 6.75. The molecule has 0 fully saturated rings. The molecule has 0 bridgehead atoms. The number of carbonyl (C=O) groups is 1. The fourth-order valence-electron chi connectivity index (χ4n) is 4.01. The Balaban J connectivity index is 1.77. The van der Waals surface area contributed by atoms with Crippen LogP contribution in [0.4, 0.5) is 8.78 Å². The highest BCUT2D eigenvalue weighted by atomic mass is 19.1. The Labute approximate surface area is 162 Å². The summed E-state index contributed by atoms with van der Waals surface area (Å²) in [4.78, 5) is 13.3. The molecule has 0 aliphatic rings. The van der Waals surface area contributed by atoms with Gasteiger partial charge in [0.2, 0.25) is 0 Å². The first-order valence-electron chi connectivity index (χ1n) is 9.37. The van der Waals surface area contributed by atoms with E-state index in [1.165, 1.54) is 12.1 Å². The molecule has 4 aromatic carbocycles. The van der Waals surface area contributed by atoms with Crippen LogP contribution in [-0.2, 0) is 4.79 Å². The number of halogens is 2. The molecule has 0 aliphatic heterocycles. The number of Topliss-reactive ketones (excluding diaryl/α,β-unsaturated/α-hetero) is 1. The summed E-state index contributed by atoms with van der Waals surface area (Å²) >= 11 is 0. The molecule has 2 atom stereocenters. The average molecular weight is 374 g/mol. The standard InChI is InChI=1S/C25H20F2O/c1-15(17-11-13-23(26)21-9-5-3-7-19(17)21)25(28)16(2)18-12-14-24(27)22-10-6-4-8-20(18)22/h3-16H,1-2H3. The van der Waals surface area contributed by atoms with Crippen molar-refractivity contribution in [3.05, 3.63) is 95.6 Å². The van der Waals surface area contributed by atoms with Crippen LogP contribution in [-0.4, -0.2) is 5.78 Å². The van der Waals surface area contributed by atoms with Crippen LogP contribution in [0.1, 0.15) is 36.8 Å². The molecule has 0 aromatic heterocycles. The summed E-state index contributed by atoms with van der Waals surface area (Å²) in [7, 11) is 0. The first-order valence-corrected chi connectivity index (χ1v) is 9.37. The van der Waals surface area contributed by atoms with E-state index in [0.717, 1.165) is 21.9 Å². The lowest BCUT2D eigenvalue weighted by Crippen LogP contribution is -2.17. The summed E-state index contributed by atoms with van der Waals surface area (Å²) in [6, 6.07) is 20.6. The minimum atomic E-state index is -0.413. The van der Waals surface area contributed by atoms with Crippen LogP contribution in [0.3, 0.4) is 0 Å². The molecule has 0 N–H and O–H groups in total. The zero-order valence-electron chi connectivity index (χ0n) is 15.7. The van der Waals surface area contributed by atoms with Gasteiger partial charge in [-0.3, -0.25) is 4.79 Å². The summed E-state index contributed by atoms with van der Waals surface area (Å²) in [5.74, 6) is -1.39. The lowest BCUT2D eigenvalue weighted by atomic mass is 9.82. The van der Waals surface area contributed by atoms with Gasteiger partial charge in [-0.15, -0.1) is 0 Å². The van der Waals surface area contributed by atoms with Gasteiger partial charge < -0.3 is 0 Å². The first kappa shape index (κ1) is 18.3. The molecule has 0 spiro atoms. The highest BCUT2D eigenvalue weighted by Gasteiger charge is 2.26. The fraction of sp³-hybridized carbons (Fsp3) is 0.160. The second-order valence-electron chi connectivity index (χ2n) is 7.21. The third kappa shape index (κ3) is 2.97. The summed E-state index contributed by atoms with van der Waals surface area (Å²) in [6.45, 7) is 3.70. The molecule has 2 unspecified atom stereocenters. The molecule has 0 saturated carbocycles. The van der Waals surface area contributed by atoms with E-state index in [0.29, 0.717) is 10.8 Å². The topological polar surface area (TPSA) is 17.1 Å². The van der Waals surface area contributed by atoms with Gasteiger partial charge in [0.25, 0.3) is 0 Å². The Bertz CT molecular complexity index is 1100. The molecule has 4 aromatic rings. The van der Waals surface area contributed by atoms with Crippen LogP contribution in [0.15, 0.2) is 72.8 Å². The minimum absolute atomic E-state index is 0.0218. The highest BCUT2D eigenvalue weighted by molar-refractivity contribution is 5.99. The van der Waals surface area contributed by atoms with Crippen LogP contribution < -0.4 is 0 Å². The maximum atomic E-state index is 14.1. The molecule has 0 amide bonds. The van der Waals surface area contributed by atoms with E-state index >= 15 is 0 Å². The molecule has 3 heteroatoms. The molecular formula is C25H20F2O. The first-order chi connectivity index (χ1) is 13.5. The lowest BCUT2D eigenvalue weighted by molar-refractivity contribution is -0.121. The van der Waals surface area contributed by atoms with Crippen molar-refractivity contribution in [1.29, 1.82) is 0 Å². The second-order valence-corrected chi connectivity index (χ2v) is 7.21. The number of carbonyl (C=O) groups excluding carboxylic acids is 1. The summed E-state index contributed by atoms with van der Waals surface area (Å²) < 4.78 is 28.3. The van der Waals surface area contributed by atoms with E-state index in [1.807, 2.05) is 38.1 Å². The summed E-state index contributed by atoms with van der Waals surface area (Å²) in [5, 5.41) is 2.53. The van der Waals surface area contributed by atoms with E-state index in [4.69, 9.17) is 0 Å². The van der Waals surface area contributed by atoms with E-state index < -0.39 is 11.8 Å². The van der Waals surface area contributed by atoms with Gasteiger partial charge in [0.15, 0.2) is 0 Å². The van der Waals surface area contributed by atoms with Crippen LogP contribution >= 0.6 is 0 Å². The Morgan fingerprint density at radius 1 is 0.607 bits per heavy atom. The minimum Gasteiger partial charge on any atom is -0.298 e. The van der Waals surface area contributed by atoms with Gasteiger partial charge in [0.05, 0.1) is 0 Å². The molecule has 4 rings (SSSR count). The Morgan fingerprint density at radius 2 is 0.964 bits per heavy atom. The molecule has 140 valence electrons. The fourth-order valence-corrected chi connectivity index (χ4v) is 4.01. The normalized spacial score (nSPS) is 13.6. The van der Waals surface area contributed by atoms with Crippen molar-refractivity contribution in [3.8, 4) is 0 Å². The predicted molar refractivity (Wildman–Crippen MR) is 110 cm³/mol. The molecule has 1 nitrogen and oxygen atoms in total. The van der Waals surface area contributed by atoms with Crippen molar-refractivity contribution in [1.82, 2.24) is 0 Å². The molecular weight excluding hydrogens is 354 g/mol. The maximum absolute atomic E-state index is 14.1. The Kier molecular flexibility index (Phi) is 4.68. The van der Waals surface area contributed by atoms with Gasteiger partial charge in [0.1, 0.15) is 17.4 Å². The smallest absolute Gasteiger partial charge is 0.147 e. The number of ketones is 1. The van der Waals surface area contributed by atoms with E-state index in [-0.39, 0.29) is 17.4 Å². The summed E-state index contributed by atoms with van der Waals surface area (Å²) in [6.07, 6.45) is 0. The molecule has 0 radical (unpaired) electrons.